The van der Waals surface area contributed by atoms with Crippen molar-refractivity contribution in [1.29, 1.82) is 0 Å². The Labute approximate surface area is 129 Å². The van der Waals surface area contributed by atoms with E-state index in [0.29, 0.717) is 11.1 Å². The molecule has 0 aliphatic rings. The van der Waals surface area contributed by atoms with Gasteiger partial charge in [-0.3, -0.25) is 0 Å². The predicted octanol–water partition coefficient (Wildman–Crippen LogP) is 2.33. The summed E-state index contributed by atoms with van der Waals surface area (Å²) in [7, 11) is 0. The zero-order valence-electron chi connectivity index (χ0n) is 10.9. The Morgan fingerprint density at radius 3 is 2.70 bits per heavy atom. The third-order valence-corrected chi connectivity index (χ3v) is 2.83. The van der Waals surface area contributed by atoms with Crippen molar-refractivity contribution in [3.05, 3.63) is 42.2 Å². The molecule has 1 aromatic carbocycles. The normalized spacial score (nSPS) is 9.60. The highest BCUT2D eigenvalue weighted by molar-refractivity contribution is 7.80. The van der Waals surface area contributed by atoms with Gasteiger partial charge in [0.05, 0.1) is 6.20 Å². The number of thiocarbonyl (C=S) groups is 1. The van der Waals surface area contributed by atoms with Crippen LogP contribution in [-0.4, -0.2) is 21.6 Å². The van der Waals surface area contributed by atoms with Gasteiger partial charge in [-0.15, -0.1) is 12.4 Å². The van der Waals surface area contributed by atoms with E-state index in [9.17, 15) is 0 Å². The number of nitrogens with two attached hydrogens (primary N) is 1. The molecule has 0 atom stereocenters. The molecule has 0 spiro atoms. The van der Waals surface area contributed by atoms with Crippen LogP contribution in [0, 0.1) is 0 Å². The van der Waals surface area contributed by atoms with Gasteiger partial charge in [-0.05, 0) is 37.2 Å². The number of nitrogen functional groups attached to an aromatic ring is 1. The van der Waals surface area contributed by atoms with Crippen molar-refractivity contribution in [2.24, 2.45) is 0 Å². The van der Waals surface area contributed by atoms with Crippen LogP contribution in [0.1, 0.15) is 12.1 Å². The van der Waals surface area contributed by atoms with Crippen molar-refractivity contribution >= 4 is 41.4 Å². The molecule has 108 valence electrons. The molecule has 2 rings (SSSR count). The lowest BCUT2D eigenvalue weighted by atomic mass is 10.2. The molecular formula is C13H18ClN5S. The number of anilines is 2. The second-order valence-corrected chi connectivity index (χ2v) is 4.55. The van der Waals surface area contributed by atoms with Crippen molar-refractivity contribution in [3.8, 4) is 0 Å². The van der Waals surface area contributed by atoms with Gasteiger partial charge in [0.25, 0.3) is 0 Å². The number of para-hydroxylation sites is 1. The monoisotopic (exact) mass is 311 g/mol. The maximum absolute atomic E-state index is 5.50. The van der Waals surface area contributed by atoms with Crippen LogP contribution in [0.25, 0.3) is 0 Å². The smallest absolute Gasteiger partial charge is 0.197 e. The SMILES string of the molecule is Cl.Nc1ncc(CCCNC(=S)Nc2ccccc2)[nH]1. The zero-order valence-corrected chi connectivity index (χ0v) is 12.6. The number of aryl methyl sites for hydroxylation is 1. The fourth-order valence-corrected chi connectivity index (χ4v) is 1.90. The van der Waals surface area contributed by atoms with Crippen LogP contribution in [0.15, 0.2) is 36.5 Å². The Morgan fingerprint density at radius 1 is 1.30 bits per heavy atom. The molecule has 20 heavy (non-hydrogen) atoms. The van der Waals surface area contributed by atoms with Gasteiger partial charge in [-0.1, -0.05) is 18.2 Å². The summed E-state index contributed by atoms with van der Waals surface area (Å²) in [5.74, 6) is 0.462. The van der Waals surface area contributed by atoms with Gasteiger partial charge in [0.15, 0.2) is 11.1 Å². The van der Waals surface area contributed by atoms with Crippen molar-refractivity contribution in [3.63, 3.8) is 0 Å². The topological polar surface area (TPSA) is 78.8 Å². The van der Waals surface area contributed by atoms with Gasteiger partial charge in [0.2, 0.25) is 0 Å². The minimum Gasteiger partial charge on any atom is -0.369 e. The molecule has 0 aliphatic carbocycles. The molecule has 0 aliphatic heterocycles. The van der Waals surface area contributed by atoms with Gasteiger partial charge in [0.1, 0.15) is 0 Å². The summed E-state index contributed by atoms with van der Waals surface area (Å²) in [4.78, 5) is 6.94. The lowest BCUT2D eigenvalue weighted by molar-refractivity contribution is 0.766. The van der Waals surface area contributed by atoms with E-state index in [4.69, 9.17) is 18.0 Å². The maximum Gasteiger partial charge on any atom is 0.197 e. The Morgan fingerprint density at radius 2 is 2.05 bits per heavy atom. The number of nitrogens with zero attached hydrogens (tertiary/aromatic N) is 1. The second kappa shape index (κ2) is 8.39. The van der Waals surface area contributed by atoms with Crippen LogP contribution in [0.5, 0.6) is 0 Å². The maximum atomic E-state index is 5.50. The minimum atomic E-state index is 0. The quantitative estimate of drug-likeness (QED) is 0.503. The van der Waals surface area contributed by atoms with Crippen molar-refractivity contribution in [2.75, 3.05) is 17.6 Å². The van der Waals surface area contributed by atoms with E-state index < -0.39 is 0 Å². The molecule has 0 saturated carbocycles. The van der Waals surface area contributed by atoms with Gasteiger partial charge in [-0.25, -0.2) is 4.98 Å². The van der Waals surface area contributed by atoms with Crippen molar-refractivity contribution < 1.29 is 0 Å². The second-order valence-electron chi connectivity index (χ2n) is 4.14. The lowest BCUT2D eigenvalue weighted by Crippen LogP contribution is -2.29. The van der Waals surface area contributed by atoms with Gasteiger partial charge < -0.3 is 21.4 Å². The van der Waals surface area contributed by atoms with E-state index in [0.717, 1.165) is 30.8 Å². The van der Waals surface area contributed by atoms with Crippen LogP contribution in [0.2, 0.25) is 0 Å². The Bertz CT molecular complexity index is 529. The van der Waals surface area contributed by atoms with E-state index in [1.165, 1.54) is 0 Å². The summed E-state index contributed by atoms with van der Waals surface area (Å²) in [5.41, 5.74) is 7.53. The number of aromatic nitrogens is 2. The van der Waals surface area contributed by atoms with Crippen molar-refractivity contribution in [2.45, 2.75) is 12.8 Å². The van der Waals surface area contributed by atoms with Crippen LogP contribution >= 0.6 is 24.6 Å². The van der Waals surface area contributed by atoms with E-state index in [1.807, 2.05) is 30.3 Å². The number of rotatable bonds is 5. The molecule has 0 amide bonds. The molecule has 5 N–H and O–H groups in total. The lowest BCUT2D eigenvalue weighted by Gasteiger charge is -2.09. The number of hydrogen-bond donors (Lipinski definition) is 4. The third-order valence-electron chi connectivity index (χ3n) is 2.59. The van der Waals surface area contributed by atoms with Crippen molar-refractivity contribution in [1.82, 2.24) is 15.3 Å². The minimum absolute atomic E-state index is 0. The molecule has 0 fully saturated rings. The first-order valence-electron chi connectivity index (χ1n) is 6.13. The molecule has 1 aromatic heterocycles. The third kappa shape index (κ3) is 5.46. The molecule has 0 bridgehead atoms. The van der Waals surface area contributed by atoms with E-state index in [-0.39, 0.29) is 12.4 Å². The summed E-state index contributed by atoms with van der Waals surface area (Å²) >= 11 is 5.21. The first-order chi connectivity index (χ1) is 9.24. The largest absolute Gasteiger partial charge is 0.369 e. The average Bonchev–Trinajstić information content (AvgIpc) is 2.82. The van der Waals surface area contributed by atoms with E-state index in [1.54, 1.807) is 6.20 Å². The fourth-order valence-electron chi connectivity index (χ4n) is 1.68. The summed E-state index contributed by atoms with van der Waals surface area (Å²) in [5, 5.41) is 6.92. The summed E-state index contributed by atoms with van der Waals surface area (Å²) in [6, 6.07) is 9.85. The first-order valence-corrected chi connectivity index (χ1v) is 6.54. The summed E-state index contributed by atoms with van der Waals surface area (Å²) < 4.78 is 0. The summed E-state index contributed by atoms with van der Waals surface area (Å²) in [6.45, 7) is 0.803. The first kappa shape index (κ1) is 16.3. The Hall–Kier alpha value is -1.79. The molecule has 0 unspecified atom stereocenters. The van der Waals surface area contributed by atoms with Crippen LogP contribution in [0.4, 0.5) is 11.6 Å². The van der Waals surface area contributed by atoms with Crippen LogP contribution in [-0.2, 0) is 6.42 Å². The fraction of sp³-hybridized carbons (Fsp3) is 0.231. The number of nitrogens with one attached hydrogen (secondary N) is 3. The molecular weight excluding hydrogens is 294 g/mol. The number of hydrogen-bond acceptors (Lipinski definition) is 3. The highest BCUT2D eigenvalue weighted by Gasteiger charge is 1.99. The highest BCUT2D eigenvalue weighted by atomic mass is 35.5. The number of imidazole rings is 1. The number of aromatic amines is 1. The average molecular weight is 312 g/mol. The predicted molar refractivity (Wildman–Crippen MR) is 89.2 cm³/mol. The van der Waals surface area contributed by atoms with Gasteiger partial charge >= 0.3 is 0 Å². The molecule has 2 aromatic rings. The van der Waals surface area contributed by atoms with Gasteiger partial charge in [0, 0.05) is 17.9 Å². The standard InChI is InChI=1S/C13H17N5S.ClH/c14-12-16-9-11(17-12)7-4-8-15-13(19)18-10-5-2-1-3-6-10;/h1-3,5-6,9H,4,7-8H2,(H3,14,16,17)(H2,15,18,19);1H. The molecule has 5 nitrogen and oxygen atoms in total. The van der Waals surface area contributed by atoms with E-state index in [2.05, 4.69) is 20.6 Å². The Kier molecular flexibility index (Phi) is 6.83. The molecule has 0 radical (unpaired) electrons. The Balaban J connectivity index is 0.00000200. The zero-order chi connectivity index (χ0) is 13.5. The number of halogens is 1. The molecule has 7 heteroatoms. The van der Waals surface area contributed by atoms with Crippen LogP contribution < -0.4 is 16.4 Å². The van der Waals surface area contributed by atoms with E-state index >= 15 is 0 Å². The molecule has 1 heterocycles. The highest BCUT2D eigenvalue weighted by Crippen LogP contribution is 2.04. The number of benzene rings is 1. The molecule has 0 saturated heterocycles. The summed E-state index contributed by atoms with van der Waals surface area (Å²) in [6.07, 6.45) is 3.61. The van der Waals surface area contributed by atoms with Crippen LogP contribution in [0.3, 0.4) is 0 Å². The number of H-pyrrole nitrogens is 1. The van der Waals surface area contributed by atoms with Gasteiger partial charge in [-0.2, -0.15) is 0 Å².